The van der Waals surface area contributed by atoms with Crippen molar-refractivity contribution >= 4 is 45.2 Å². The van der Waals surface area contributed by atoms with Crippen LogP contribution in [0.4, 0.5) is 4.39 Å². The van der Waals surface area contributed by atoms with Gasteiger partial charge in [-0.2, -0.15) is 0 Å². The van der Waals surface area contributed by atoms with E-state index in [1.54, 1.807) is 6.07 Å². The zero-order valence-corrected chi connectivity index (χ0v) is 13.9. The largest absolute Gasteiger partial charge is 0.378 e. The third kappa shape index (κ3) is 2.48. The van der Waals surface area contributed by atoms with Crippen molar-refractivity contribution in [2.45, 2.75) is 12.3 Å². The first-order valence-electron chi connectivity index (χ1n) is 6.42. The van der Waals surface area contributed by atoms with Crippen LogP contribution in [-0.2, 0) is 4.74 Å². The molecular formula is C13H14ClFIN3O. The van der Waals surface area contributed by atoms with Crippen molar-refractivity contribution in [3.8, 4) is 0 Å². The molecular weight excluding hydrogens is 396 g/mol. The monoisotopic (exact) mass is 409 g/mol. The molecule has 4 nitrogen and oxygen atoms in total. The Morgan fingerprint density at radius 1 is 1.40 bits per heavy atom. The van der Waals surface area contributed by atoms with Gasteiger partial charge < -0.3 is 9.75 Å². The van der Waals surface area contributed by atoms with Gasteiger partial charge in [-0.05, 0) is 35.6 Å². The average molecular weight is 410 g/mol. The number of hydrogen-bond acceptors (Lipinski definition) is 3. The van der Waals surface area contributed by atoms with Gasteiger partial charge in [0, 0.05) is 6.07 Å². The molecule has 1 aromatic heterocycles. The lowest BCUT2D eigenvalue weighted by atomic mass is 10.3. The Morgan fingerprint density at radius 2 is 2.10 bits per heavy atom. The van der Waals surface area contributed by atoms with Gasteiger partial charge in [-0.3, -0.25) is 0 Å². The topological polar surface area (TPSA) is 30.3 Å². The van der Waals surface area contributed by atoms with E-state index in [4.69, 9.17) is 16.3 Å². The van der Waals surface area contributed by atoms with Gasteiger partial charge in [0.05, 0.1) is 46.3 Å². The smallest absolute Gasteiger partial charge is 0.146 e. The fraction of sp³-hybridized carbons (Fsp3) is 0.462. The van der Waals surface area contributed by atoms with Crippen LogP contribution in [-0.4, -0.2) is 36.0 Å². The van der Waals surface area contributed by atoms with Gasteiger partial charge in [0.25, 0.3) is 0 Å². The molecule has 0 radical (unpaired) electrons. The Morgan fingerprint density at radius 3 is 2.75 bits per heavy atom. The van der Waals surface area contributed by atoms with Crippen molar-refractivity contribution in [3.63, 3.8) is 0 Å². The Bertz CT molecular complexity index is 640. The molecule has 0 spiro atoms. The molecule has 1 atom stereocenters. The highest BCUT2D eigenvalue weighted by molar-refractivity contribution is 14.1. The molecule has 1 aromatic carbocycles. The quantitative estimate of drug-likeness (QED) is 0.564. The summed E-state index contributed by atoms with van der Waals surface area (Å²) < 4.78 is 21.8. The van der Waals surface area contributed by atoms with Gasteiger partial charge in [0.15, 0.2) is 0 Å². The summed E-state index contributed by atoms with van der Waals surface area (Å²) in [5, 5.41) is 1.87. The number of aromatic nitrogens is 2. The summed E-state index contributed by atoms with van der Waals surface area (Å²) >= 11 is 8.22. The summed E-state index contributed by atoms with van der Waals surface area (Å²) in [5.74, 6) is 0.506. The molecule has 1 aliphatic rings. The van der Waals surface area contributed by atoms with Crippen LogP contribution < -0.4 is 5.01 Å². The Labute approximate surface area is 135 Å². The maximum atomic E-state index is 13.9. The lowest BCUT2D eigenvalue weighted by Crippen LogP contribution is -2.44. The molecule has 1 unspecified atom stereocenters. The molecule has 7 heteroatoms. The summed E-state index contributed by atoms with van der Waals surface area (Å²) in [7, 11) is 0. The van der Waals surface area contributed by atoms with Gasteiger partial charge in [-0.1, -0.05) is 0 Å². The maximum Gasteiger partial charge on any atom is 0.146 e. The van der Waals surface area contributed by atoms with E-state index < -0.39 is 0 Å². The SMILES string of the molecule is CC(Cl)c1nc2cc(I)c(F)cc2n1N1CCOCC1. The molecule has 1 saturated heterocycles. The minimum atomic E-state index is -0.244. The van der Waals surface area contributed by atoms with Gasteiger partial charge in [0.1, 0.15) is 11.6 Å². The molecule has 0 amide bonds. The number of benzene rings is 1. The van der Waals surface area contributed by atoms with Crippen molar-refractivity contribution in [1.82, 2.24) is 9.66 Å². The zero-order valence-electron chi connectivity index (χ0n) is 10.9. The molecule has 20 heavy (non-hydrogen) atoms. The molecule has 3 rings (SSSR count). The van der Waals surface area contributed by atoms with Gasteiger partial charge in [0.2, 0.25) is 0 Å². The van der Waals surface area contributed by atoms with Crippen LogP contribution in [0.5, 0.6) is 0 Å². The van der Waals surface area contributed by atoms with Crippen LogP contribution in [0.1, 0.15) is 18.1 Å². The lowest BCUT2D eigenvalue weighted by Gasteiger charge is -2.31. The normalized spacial score (nSPS) is 17.7. The van der Waals surface area contributed by atoms with E-state index in [9.17, 15) is 4.39 Å². The van der Waals surface area contributed by atoms with Crippen molar-refractivity contribution in [3.05, 3.63) is 27.3 Å². The molecule has 108 valence electrons. The summed E-state index contributed by atoms with van der Waals surface area (Å²) in [4.78, 5) is 4.57. The molecule has 2 aromatic rings. The minimum Gasteiger partial charge on any atom is -0.378 e. The van der Waals surface area contributed by atoms with Crippen LogP contribution in [0.2, 0.25) is 0 Å². The van der Waals surface area contributed by atoms with Crippen molar-refractivity contribution in [2.24, 2.45) is 0 Å². The number of alkyl halides is 1. The van der Waals surface area contributed by atoms with E-state index in [-0.39, 0.29) is 11.2 Å². The highest BCUT2D eigenvalue weighted by Crippen LogP contribution is 2.27. The number of hydrogen-bond donors (Lipinski definition) is 0. The molecule has 0 bridgehead atoms. The van der Waals surface area contributed by atoms with Crippen LogP contribution in [0, 0.1) is 9.39 Å². The standard InChI is InChI=1S/C13H14ClFIN3O/c1-8(14)13-17-11-7-10(16)9(15)6-12(11)19(13)18-2-4-20-5-3-18/h6-8H,2-5H2,1H3. The number of morpholine rings is 1. The van der Waals surface area contributed by atoms with E-state index in [1.165, 1.54) is 6.07 Å². The number of rotatable bonds is 2. The number of ether oxygens (including phenoxy) is 1. The van der Waals surface area contributed by atoms with E-state index in [0.29, 0.717) is 16.8 Å². The van der Waals surface area contributed by atoms with Crippen molar-refractivity contribution in [2.75, 3.05) is 31.3 Å². The van der Waals surface area contributed by atoms with E-state index >= 15 is 0 Å². The van der Waals surface area contributed by atoms with Gasteiger partial charge in [-0.15, -0.1) is 11.6 Å². The second kappa shape index (κ2) is 5.65. The fourth-order valence-corrected chi connectivity index (χ4v) is 2.98. The average Bonchev–Trinajstić information content (AvgIpc) is 2.79. The Balaban J connectivity index is 2.20. The second-order valence-electron chi connectivity index (χ2n) is 4.72. The highest BCUT2D eigenvalue weighted by atomic mass is 127. The summed E-state index contributed by atoms with van der Waals surface area (Å²) in [5.41, 5.74) is 1.53. The third-order valence-corrected chi connectivity index (χ3v) is 4.35. The Hall–Kier alpha value is -0.600. The molecule has 1 aliphatic heterocycles. The van der Waals surface area contributed by atoms with E-state index in [2.05, 4.69) is 9.99 Å². The van der Waals surface area contributed by atoms with Crippen LogP contribution in [0.25, 0.3) is 11.0 Å². The summed E-state index contributed by atoms with van der Waals surface area (Å²) in [6.07, 6.45) is 0. The summed E-state index contributed by atoms with van der Waals surface area (Å²) in [6, 6.07) is 3.29. The van der Waals surface area contributed by atoms with Crippen LogP contribution in [0.15, 0.2) is 12.1 Å². The van der Waals surface area contributed by atoms with Gasteiger partial charge in [-0.25, -0.2) is 14.1 Å². The number of nitrogens with zero attached hydrogens (tertiary/aromatic N) is 3. The molecule has 2 heterocycles. The predicted octanol–water partition coefficient (Wildman–Crippen LogP) is 3.05. The zero-order chi connectivity index (χ0) is 14.3. The van der Waals surface area contributed by atoms with Crippen molar-refractivity contribution in [1.29, 1.82) is 0 Å². The third-order valence-electron chi connectivity index (χ3n) is 3.32. The molecule has 1 fully saturated rings. The van der Waals surface area contributed by atoms with Crippen molar-refractivity contribution < 1.29 is 9.13 Å². The minimum absolute atomic E-state index is 0.235. The van der Waals surface area contributed by atoms with Crippen LogP contribution in [0.3, 0.4) is 0 Å². The first-order valence-corrected chi connectivity index (χ1v) is 7.94. The number of fused-ring (bicyclic) bond motifs is 1. The first kappa shape index (κ1) is 14.3. The second-order valence-corrected chi connectivity index (χ2v) is 6.54. The molecule has 0 aliphatic carbocycles. The maximum absolute atomic E-state index is 13.9. The van der Waals surface area contributed by atoms with Gasteiger partial charge >= 0.3 is 0 Å². The predicted molar refractivity (Wildman–Crippen MR) is 85.4 cm³/mol. The van der Waals surface area contributed by atoms with E-state index in [0.717, 1.165) is 29.9 Å². The summed E-state index contributed by atoms with van der Waals surface area (Å²) in [6.45, 7) is 4.68. The fourth-order valence-electron chi connectivity index (χ4n) is 2.39. The highest BCUT2D eigenvalue weighted by Gasteiger charge is 2.22. The first-order chi connectivity index (χ1) is 9.58. The Kier molecular flexibility index (Phi) is 4.05. The lowest BCUT2D eigenvalue weighted by molar-refractivity contribution is 0.111. The number of imidazole rings is 1. The molecule has 0 saturated carbocycles. The van der Waals surface area contributed by atoms with Crippen LogP contribution >= 0.6 is 34.2 Å². The molecule has 0 N–H and O–H groups in total. The number of halogens is 3. The van der Waals surface area contributed by atoms with E-state index in [1.807, 2.05) is 34.2 Å².